The summed E-state index contributed by atoms with van der Waals surface area (Å²) in [6, 6.07) is 10.9. The smallest absolute Gasteiger partial charge is 0.264 e. The predicted octanol–water partition coefficient (Wildman–Crippen LogP) is 6.10. The van der Waals surface area contributed by atoms with Crippen molar-refractivity contribution in [2.45, 2.75) is 63.4 Å². The molecule has 10 heteroatoms. The Labute approximate surface area is 253 Å². The molecule has 2 heterocycles. The van der Waals surface area contributed by atoms with Gasteiger partial charge in [0.2, 0.25) is 10.0 Å². The maximum atomic E-state index is 14.0. The summed E-state index contributed by atoms with van der Waals surface area (Å²) < 4.78 is 54.8. The maximum absolute atomic E-state index is 14.0. The summed E-state index contributed by atoms with van der Waals surface area (Å²) in [5.74, 6) is -0.258. The number of fused-ring (bicyclic) bond motifs is 3. The zero-order valence-corrected chi connectivity index (χ0v) is 25.8. The highest BCUT2D eigenvalue weighted by Gasteiger charge is 2.38. The van der Waals surface area contributed by atoms with E-state index >= 15 is 0 Å². The van der Waals surface area contributed by atoms with Gasteiger partial charge in [0.05, 0.1) is 23.7 Å². The molecule has 0 radical (unpaired) electrons. The molecule has 1 fully saturated rings. The predicted molar refractivity (Wildman–Crippen MR) is 163 cm³/mol. The van der Waals surface area contributed by atoms with Gasteiger partial charge in [0.15, 0.2) is 0 Å². The second kappa shape index (κ2) is 13.3. The van der Waals surface area contributed by atoms with Gasteiger partial charge in [-0.05, 0) is 98.7 Å². The molecule has 3 aliphatic rings. The molecule has 0 unspecified atom stereocenters. The zero-order valence-electron chi connectivity index (χ0n) is 24.2. The molecule has 0 saturated heterocycles. The molecule has 0 aromatic heterocycles. The lowest BCUT2D eigenvalue weighted by atomic mass is 9.70. The van der Waals surface area contributed by atoms with Crippen molar-refractivity contribution >= 4 is 33.2 Å². The van der Waals surface area contributed by atoms with Crippen molar-refractivity contribution in [1.82, 2.24) is 4.72 Å². The fourth-order valence-electron chi connectivity index (χ4n) is 6.31. The van der Waals surface area contributed by atoms with E-state index in [2.05, 4.69) is 9.62 Å². The van der Waals surface area contributed by atoms with Crippen LogP contribution in [0.3, 0.4) is 0 Å². The van der Waals surface area contributed by atoms with E-state index in [9.17, 15) is 17.6 Å². The first kappa shape index (κ1) is 30.8. The van der Waals surface area contributed by atoms with E-state index < -0.39 is 33.8 Å². The number of carbonyl (C=O) groups is 1. The quantitative estimate of drug-likeness (QED) is 0.410. The van der Waals surface area contributed by atoms with Crippen LogP contribution in [0.5, 0.6) is 5.75 Å². The molecule has 1 N–H and O–H groups in total. The molecule has 1 aliphatic carbocycles. The highest BCUT2D eigenvalue weighted by molar-refractivity contribution is 7.90. The van der Waals surface area contributed by atoms with E-state index in [-0.39, 0.29) is 24.0 Å². The van der Waals surface area contributed by atoms with Crippen molar-refractivity contribution in [2.75, 3.05) is 31.8 Å². The first-order valence-electron chi connectivity index (χ1n) is 14.8. The Hall–Kier alpha value is -2.62. The third kappa shape index (κ3) is 6.79. The number of rotatable bonds is 2. The second-order valence-electron chi connectivity index (χ2n) is 11.7. The standard InChI is InChI=1S/C32H40ClFN2O5S/c1-21-24(18-34)7-5-8-30(40-2)28-13-10-25(28)19-36-15-4-3-6-22-16-27(33)12-9-26(22)20-41-31-14-11-23(17-29(31)36)32(37)35-42(21,38)39/h5,8-9,11-12,14,16-17,21,24-25,28,30H,3-4,6-7,10,13,15,18-20H2,1-2H3,(H,35,37)/b8-5+/t21-,24-,25+,28-,30+/m1/s1. The number of sulfonamides is 1. The fraction of sp³-hybridized carbons (Fsp3) is 0.531. The van der Waals surface area contributed by atoms with Crippen LogP contribution in [0, 0.1) is 17.8 Å². The van der Waals surface area contributed by atoms with Crippen molar-refractivity contribution in [1.29, 1.82) is 0 Å². The third-order valence-corrected chi connectivity index (χ3v) is 11.3. The molecule has 0 spiro atoms. The second-order valence-corrected chi connectivity index (χ2v) is 14.2. The Bertz CT molecular complexity index is 1420. The van der Waals surface area contributed by atoms with Crippen LogP contribution in [-0.4, -0.2) is 52.6 Å². The number of allylic oxidation sites excluding steroid dienone is 1. The minimum absolute atomic E-state index is 0.145. The first-order valence-corrected chi connectivity index (χ1v) is 16.7. The molecular formula is C32H40ClFN2O5S. The van der Waals surface area contributed by atoms with Gasteiger partial charge in [-0.2, -0.15) is 0 Å². The van der Waals surface area contributed by atoms with E-state index in [1.165, 1.54) is 12.5 Å². The Kier molecular flexibility index (Phi) is 9.80. The number of ether oxygens (including phenoxy) is 2. The van der Waals surface area contributed by atoms with Crippen LogP contribution in [0.25, 0.3) is 0 Å². The van der Waals surface area contributed by atoms with E-state index in [0.29, 0.717) is 23.3 Å². The van der Waals surface area contributed by atoms with Crippen LogP contribution in [-0.2, 0) is 27.8 Å². The van der Waals surface area contributed by atoms with Crippen molar-refractivity contribution in [2.24, 2.45) is 17.8 Å². The van der Waals surface area contributed by atoms with Gasteiger partial charge < -0.3 is 14.4 Å². The van der Waals surface area contributed by atoms with E-state index in [1.54, 1.807) is 25.3 Å². The van der Waals surface area contributed by atoms with Gasteiger partial charge in [-0.3, -0.25) is 9.18 Å². The van der Waals surface area contributed by atoms with Crippen LogP contribution in [0.1, 0.15) is 60.5 Å². The molecule has 5 rings (SSSR count). The molecule has 7 nitrogen and oxygen atoms in total. The van der Waals surface area contributed by atoms with Gasteiger partial charge in [-0.1, -0.05) is 29.8 Å². The van der Waals surface area contributed by atoms with Crippen LogP contribution < -0.4 is 14.4 Å². The van der Waals surface area contributed by atoms with Crippen LogP contribution >= 0.6 is 11.6 Å². The van der Waals surface area contributed by atoms with Crippen LogP contribution in [0.4, 0.5) is 10.1 Å². The van der Waals surface area contributed by atoms with Gasteiger partial charge >= 0.3 is 0 Å². The van der Waals surface area contributed by atoms with Crippen molar-refractivity contribution in [3.63, 3.8) is 0 Å². The summed E-state index contributed by atoms with van der Waals surface area (Å²) in [4.78, 5) is 15.6. The number of amides is 1. The number of aryl methyl sites for hydroxylation is 1. The van der Waals surface area contributed by atoms with Crippen molar-refractivity contribution in [3.8, 4) is 5.75 Å². The highest BCUT2D eigenvalue weighted by atomic mass is 35.5. The highest BCUT2D eigenvalue weighted by Crippen LogP contribution is 2.41. The average Bonchev–Trinajstić information content (AvgIpc) is 2.98. The number of hydrogen-bond donors (Lipinski definition) is 1. The maximum Gasteiger partial charge on any atom is 0.264 e. The molecule has 1 saturated carbocycles. The number of benzene rings is 2. The molecule has 228 valence electrons. The van der Waals surface area contributed by atoms with E-state index in [1.807, 2.05) is 30.4 Å². The Morgan fingerprint density at radius 1 is 1.14 bits per heavy atom. The van der Waals surface area contributed by atoms with Crippen molar-refractivity contribution in [3.05, 3.63) is 70.3 Å². The summed E-state index contributed by atoms with van der Waals surface area (Å²) in [7, 11) is -2.45. The first-order chi connectivity index (χ1) is 20.2. The van der Waals surface area contributed by atoms with E-state index in [0.717, 1.165) is 56.4 Å². The Morgan fingerprint density at radius 3 is 2.71 bits per heavy atom. The fourth-order valence-corrected chi connectivity index (χ4v) is 7.76. The average molecular weight is 619 g/mol. The van der Waals surface area contributed by atoms with Crippen LogP contribution in [0.15, 0.2) is 48.6 Å². The number of nitrogens with zero attached hydrogens (tertiary/aromatic N) is 1. The molecule has 2 aliphatic heterocycles. The molecule has 42 heavy (non-hydrogen) atoms. The SMILES string of the molecule is CO[C@H]1/C=C/C[C@H](CF)[C@@H](C)S(=O)(=O)NC(=O)c2ccc3c(c2)N(CCCCc2cc(Cl)ccc2CO3)C[C@@H]2CC[C@H]21. The minimum atomic E-state index is -4.14. The summed E-state index contributed by atoms with van der Waals surface area (Å²) in [6.45, 7) is 2.48. The number of methoxy groups -OCH3 is 1. The Balaban J connectivity index is 1.55. The Morgan fingerprint density at radius 2 is 1.98 bits per heavy atom. The van der Waals surface area contributed by atoms with Gasteiger partial charge in [-0.15, -0.1) is 0 Å². The lowest BCUT2D eigenvalue weighted by molar-refractivity contribution is 0.0134. The number of halogens is 2. The topological polar surface area (TPSA) is 84.9 Å². The van der Waals surface area contributed by atoms with E-state index in [4.69, 9.17) is 21.1 Å². The third-order valence-electron chi connectivity index (χ3n) is 9.21. The summed E-state index contributed by atoms with van der Waals surface area (Å²) in [5, 5.41) is -0.402. The van der Waals surface area contributed by atoms with Crippen LogP contribution in [0.2, 0.25) is 5.02 Å². The summed E-state index contributed by atoms with van der Waals surface area (Å²) in [6.07, 6.45) is 8.71. The molecule has 2 aromatic carbocycles. The lowest BCUT2D eigenvalue weighted by Crippen LogP contribution is -2.44. The molecule has 5 atom stereocenters. The summed E-state index contributed by atoms with van der Waals surface area (Å²) >= 11 is 6.30. The largest absolute Gasteiger partial charge is 0.487 e. The van der Waals surface area contributed by atoms with Gasteiger partial charge in [0, 0.05) is 36.7 Å². The molecule has 2 bridgehead atoms. The summed E-state index contributed by atoms with van der Waals surface area (Å²) in [5.41, 5.74) is 3.20. The van der Waals surface area contributed by atoms with Gasteiger partial charge in [0.1, 0.15) is 12.4 Å². The number of anilines is 1. The zero-order chi connectivity index (χ0) is 29.9. The lowest BCUT2D eigenvalue weighted by Gasteiger charge is -2.43. The molecule has 1 amide bonds. The molecular weight excluding hydrogens is 579 g/mol. The van der Waals surface area contributed by atoms with Gasteiger partial charge in [0.25, 0.3) is 5.91 Å². The minimum Gasteiger partial charge on any atom is -0.487 e. The molecule has 2 aromatic rings. The van der Waals surface area contributed by atoms with Crippen molar-refractivity contribution < 1.29 is 27.1 Å². The normalized spacial score (nSPS) is 29.0. The number of carbonyl (C=O) groups excluding carboxylic acids is 1. The number of alkyl halides is 1. The monoisotopic (exact) mass is 618 g/mol. The van der Waals surface area contributed by atoms with Gasteiger partial charge in [-0.25, -0.2) is 13.1 Å². The number of nitrogens with one attached hydrogen (secondary N) is 1. The number of hydrogen-bond acceptors (Lipinski definition) is 6.